The van der Waals surface area contributed by atoms with Gasteiger partial charge in [0.05, 0.1) is 12.3 Å². The minimum Gasteiger partial charge on any atom is -0.492 e. The van der Waals surface area contributed by atoms with Crippen LogP contribution in [0.1, 0.15) is 17.4 Å². The zero-order valence-electron chi connectivity index (χ0n) is 14.5. The maximum atomic E-state index is 12.5. The third-order valence-corrected chi connectivity index (χ3v) is 4.55. The minimum absolute atomic E-state index is 0.226. The first-order chi connectivity index (χ1) is 13.2. The number of rotatable bonds is 6. The number of benzene rings is 2. The van der Waals surface area contributed by atoms with Crippen LogP contribution in [0.3, 0.4) is 0 Å². The monoisotopic (exact) mass is 383 g/mol. The normalized spacial score (nSPS) is 11.9. The zero-order chi connectivity index (χ0) is 18.6. The van der Waals surface area contributed by atoms with Gasteiger partial charge in [-0.15, -0.1) is 11.3 Å². The molecule has 0 saturated heterocycles. The Bertz CT molecular complexity index is 973. The molecule has 3 aromatic rings. The molecule has 0 unspecified atom stereocenters. The number of nitrogens with one attached hydrogen (secondary N) is 2. The maximum Gasteiger partial charge on any atom is 0.275 e. The lowest BCUT2D eigenvalue weighted by Gasteiger charge is -2.10. The smallest absolute Gasteiger partial charge is 0.275 e. The number of amides is 1. The molecule has 0 atom stereocenters. The standard InChI is InChI=1S/C19H17N3O4S/c1-2-24-15-6-4-3-5-13(15)21-18(23)14-10-27-19(22-14)20-12-7-8-16-17(9-12)26-11-25-16/h3-10H,2,11H2,1H3,(H,20,22)(H,21,23). The molecule has 0 radical (unpaired) electrons. The molecule has 0 bridgehead atoms. The van der Waals surface area contributed by atoms with Crippen LogP contribution in [0.4, 0.5) is 16.5 Å². The third-order valence-electron chi connectivity index (χ3n) is 3.80. The van der Waals surface area contributed by atoms with Crippen LogP contribution in [0.2, 0.25) is 0 Å². The van der Waals surface area contributed by atoms with Gasteiger partial charge in [0.15, 0.2) is 16.6 Å². The molecule has 27 heavy (non-hydrogen) atoms. The first-order valence-electron chi connectivity index (χ1n) is 8.38. The molecule has 0 spiro atoms. The van der Waals surface area contributed by atoms with Crippen LogP contribution < -0.4 is 24.8 Å². The van der Waals surface area contributed by atoms with Gasteiger partial charge in [-0.3, -0.25) is 4.79 Å². The highest BCUT2D eigenvalue weighted by molar-refractivity contribution is 7.14. The van der Waals surface area contributed by atoms with Gasteiger partial charge in [-0.1, -0.05) is 12.1 Å². The van der Waals surface area contributed by atoms with Crippen molar-refractivity contribution in [2.45, 2.75) is 6.92 Å². The van der Waals surface area contributed by atoms with E-state index >= 15 is 0 Å². The highest BCUT2D eigenvalue weighted by atomic mass is 32.1. The van der Waals surface area contributed by atoms with Crippen molar-refractivity contribution in [3.05, 3.63) is 53.5 Å². The van der Waals surface area contributed by atoms with Gasteiger partial charge in [0.25, 0.3) is 5.91 Å². The summed E-state index contributed by atoms with van der Waals surface area (Å²) in [6, 6.07) is 12.8. The lowest BCUT2D eigenvalue weighted by Crippen LogP contribution is -2.13. The van der Waals surface area contributed by atoms with Crippen LogP contribution >= 0.6 is 11.3 Å². The number of carbonyl (C=O) groups is 1. The van der Waals surface area contributed by atoms with Crippen molar-refractivity contribution >= 4 is 33.8 Å². The number of hydrogen-bond donors (Lipinski definition) is 2. The minimum atomic E-state index is -0.294. The first-order valence-corrected chi connectivity index (χ1v) is 9.26. The van der Waals surface area contributed by atoms with Crippen molar-refractivity contribution in [2.75, 3.05) is 24.0 Å². The number of thiazole rings is 1. The van der Waals surface area contributed by atoms with E-state index < -0.39 is 0 Å². The summed E-state index contributed by atoms with van der Waals surface area (Å²) in [5, 5.41) is 8.32. The molecule has 4 rings (SSSR count). The van der Waals surface area contributed by atoms with Crippen molar-refractivity contribution in [3.8, 4) is 17.2 Å². The van der Waals surface area contributed by atoms with Gasteiger partial charge in [0, 0.05) is 17.1 Å². The summed E-state index contributed by atoms with van der Waals surface area (Å²) in [6.45, 7) is 2.64. The molecule has 138 valence electrons. The average molecular weight is 383 g/mol. The number of aromatic nitrogens is 1. The summed E-state index contributed by atoms with van der Waals surface area (Å²) < 4.78 is 16.2. The summed E-state index contributed by atoms with van der Waals surface area (Å²) in [7, 11) is 0. The topological polar surface area (TPSA) is 81.7 Å². The van der Waals surface area contributed by atoms with Gasteiger partial charge in [-0.25, -0.2) is 4.98 Å². The van der Waals surface area contributed by atoms with E-state index in [1.54, 1.807) is 11.4 Å². The van der Waals surface area contributed by atoms with E-state index in [1.807, 2.05) is 43.3 Å². The van der Waals surface area contributed by atoms with E-state index in [9.17, 15) is 4.79 Å². The van der Waals surface area contributed by atoms with Gasteiger partial charge < -0.3 is 24.8 Å². The van der Waals surface area contributed by atoms with Gasteiger partial charge in [-0.05, 0) is 31.2 Å². The van der Waals surface area contributed by atoms with Gasteiger partial charge in [0.2, 0.25) is 6.79 Å². The average Bonchev–Trinajstić information content (AvgIpc) is 3.32. The molecule has 7 nitrogen and oxygen atoms in total. The Morgan fingerprint density at radius 2 is 2.07 bits per heavy atom. The Labute approximate surface area is 159 Å². The molecule has 0 fully saturated rings. The molecule has 8 heteroatoms. The SMILES string of the molecule is CCOc1ccccc1NC(=O)c1csc(Nc2ccc3c(c2)OCO3)n1. The Kier molecular flexibility index (Phi) is 4.80. The molecule has 1 amide bonds. The fourth-order valence-corrected chi connectivity index (χ4v) is 3.28. The molecular weight excluding hydrogens is 366 g/mol. The fourth-order valence-electron chi connectivity index (χ4n) is 2.57. The van der Waals surface area contributed by atoms with Crippen LogP contribution in [0.25, 0.3) is 0 Å². The summed E-state index contributed by atoms with van der Waals surface area (Å²) in [5.41, 5.74) is 1.75. The Balaban J connectivity index is 1.45. The second-order valence-corrected chi connectivity index (χ2v) is 6.47. The summed E-state index contributed by atoms with van der Waals surface area (Å²) in [6.07, 6.45) is 0. The maximum absolute atomic E-state index is 12.5. The number of nitrogens with zero attached hydrogens (tertiary/aromatic N) is 1. The van der Waals surface area contributed by atoms with E-state index in [0.717, 1.165) is 5.69 Å². The number of para-hydroxylation sites is 2. The molecule has 1 aliphatic heterocycles. The molecule has 0 saturated carbocycles. The highest BCUT2D eigenvalue weighted by Crippen LogP contribution is 2.35. The first kappa shape index (κ1) is 17.2. The number of carbonyl (C=O) groups excluding carboxylic acids is 1. The van der Waals surface area contributed by atoms with Gasteiger partial charge >= 0.3 is 0 Å². The molecule has 1 aromatic heterocycles. The van der Waals surface area contributed by atoms with E-state index in [2.05, 4.69) is 15.6 Å². The van der Waals surface area contributed by atoms with Gasteiger partial charge in [0.1, 0.15) is 11.4 Å². The molecule has 2 aromatic carbocycles. The quantitative estimate of drug-likeness (QED) is 0.662. The molecule has 2 heterocycles. The van der Waals surface area contributed by atoms with E-state index in [-0.39, 0.29) is 12.7 Å². The van der Waals surface area contributed by atoms with Crippen molar-refractivity contribution in [1.29, 1.82) is 0 Å². The summed E-state index contributed by atoms with van der Waals surface area (Å²) in [4.78, 5) is 16.9. The Morgan fingerprint density at radius 3 is 2.96 bits per heavy atom. The highest BCUT2D eigenvalue weighted by Gasteiger charge is 2.16. The van der Waals surface area contributed by atoms with Crippen LogP contribution in [0.15, 0.2) is 47.8 Å². The van der Waals surface area contributed by atoms with E-state index in [0.29, 0.717) is 40.4 Å². The lowest BCUT2D eigenvalue weighted by atomic mass is 10.3. The Morgan fingerprint density at radius 1 is 1.22 bits per heavy atom. The third kappa shape index (κ3) is 3.80. The number of anilines is 3. The van der Waals surface area contributed by atoms with Crippen molar-refractivity contribution in [2.24, 2.45) is 0 Å². The zero-order valence-corrected chi connectivity index (χ0v) is 15.3. The number of fused-ring (bicyclic) bond motifs is 1. The second kappa shape index (κ2) is 7.55. The van der Waals surface area contributed by atoms with Crippen LogP contribution in [-0.2, 0) is 0 Å². The van der Waals surface area contributed by atoms with Crippen molar-refractivity contribution in [1.82, 2.24) is 4.98 Å². The van der Waals surface area contributed by atoms with Crippen LogP contribution in [-0.4, -0.2) is 24.3 Å². The number of hydrogen-bond acceptors (Lipinski definition) is 7. The van der Waals surface area contributed by atoms with Crippen molar-refractivity contribution < 1.29 is 19.0 Å². The van der Waals surface area contributed by atoms with Crippen LogP contribution in [0.5, 0.6) is 17.2 Å². The molecule has 2 N–H and O–H groups in total. The lowest BCUT2D eigenvalue weighted by molar-refractivity contribution is 0.102. The largest absolute Gasteiger partial charge is 0.492 e. The second-order valence-electron chi connectivity index (χ2n) is 5.61. The summed E-state index contributed by atoms with van der Waals surface area (Å²) in [5.74, 6) is 1.73. The fraction of sp³-hybridized carbons (Fsp3) is 0.158. The van der Waals surface area contributed by atoms with Crippen LogP contribution in [0, 0.1) is 0 Å². The summed E-state index contributed by atoms with van der Waals surface area (Å²) >= 11 is 1.34. The predicted octanol–water partition coefficient (Wildman–Crippen LogP) is 4.27. The molecular formula is C19H17N3O4S. The Hall–Kier alpha value is -3.26. The molecule has 0 aliphatic carbocycles. The van der Waals surface area contributed by atoms with E-state index in [1.165, 1.54) is 11.3 Å². The van der Waals surface area contributed by atoms with Gasteiger partial charge in [-0.2, -0.15) is 0 Å². The molecule has 1 aliphatic rings. The van der Waals surface area contributed by atoms with E-state index in [4.69, 9.17) is 14.2 Å². The number of ether oxygens (including phenoxy) is 3. The predicted molar refractivity (Wildman–Crippen MR) is 104 cm³/mol. The van der Waals surface area contributed by atoms with Crippen molar-refractivity contribution in [3.63, 3.8) is 0 Å².